The number of nitrogen functional groups attached to an aromatic ring is 1. The summed E-state index contributed by atoms with van der Waals surface area (Å²) in [6.07, 6.45) is 1.61. The van der Waals surface area contributed by atoms with Gasteiger partial charge in [0, 0.05) is 0 Å². The molecule has 2 N–H and O–H groups in total. The third-order valence-electron chi connectivity index (χ3n) is 2.05. The van der Waals surface area contributed by atoms with E-state index >= 15 is 0 Å². The van der Waals surface area contributed by atoms with Gasteiger partial charge in [0.25, 0.3) is 0 Å². The quantitative estimate of drug-likeness (QED) is 0.908. The zero-order valence-corrected chi connectivity index (χ0v) is 9.73. The van der Waals surface area contributed by atoms with Crippen molar-refractivity contribution >= 4 is 21.6 Å². The maximum absolute atomic E-state index is 5.68. The first-order valence-corrected chi connectivity index (χ1v) is 5.15. The highest BCUT2D eigenvalue weighted by Gasteiger charge is 2.06. The van der Waals surface area contributed by atoms with Crippen LogP contribution in [0.3, 0.4) is 0 Å². The number of rotatable bonds is 2. The molecule has 0 unspecified atom stereocenters. The summed E-state index contributed by atoms with van der Waals surface area (Å²) < 4.78 is 7.55. The molecule has 0 saturated heterocycles. The lowest BCUT2D eigenvalue weighted by Crippen LogP contribution is -1.96. The Morgan fingerprint density at radius 3 is 2.47 bits per heavy atom. The van der Waals surface area contributed by atoms with Crippen molar-refractivity contribution in [2.75, 3.05) is 12.8 Å². The molecule has 2 aromatic rings. The molecular weight excluding hydrogens is 258 g/mol. The molecule has 78 valence electrons. The van der Waals surface area contributed by atoms with Gasteiger partial charge in [-0.2, -0.15) is 5.10 Å². The predicted molar refractivity (Wildman–Crippen MR) is 62.2 cm³/mol. The summed E-state index contributed by atoms with van der Waals surface area (Å²) in [5.41, 5.74) is 7.23. The van der Waals surface area contributed by atoms with E-state index < -0.39 is 0 Å². The van der Waals surface area contributed by atoms with Crippen molar-refractivity contribution in [2.24, 2.45) is 0 Å². The Kier molecular flexibility index (Phi) is 2.64. The minimum atomic E-state index is 0.616. The average molecular weight is 268 g/mol. The van der Waals surface area contributed by atoms with Crippen LogP contribution in [0.4, 0.5) is 5.69 Å². The smallest absolute Gasteiger partial charge is 0.132 e. The van der Waals surface area contributed by atoms with Crippen molar-refractivity contribution in [3.05, 3.63) is 35.1 Å². The van der Waals surface area contributed by atoms with Gasteiger partial charge in [-0.15, -0.1) is 0 Å². The molecule has 0 spiro atoms. The number of nitrogens with zero attached hydrogens (tertiary/aromatic N) is 2. The van der Waals surface area contributed by atoms with Gasteiger partial charge in [0.2, 0.25) is 0 Å². The Labute approximate surface area is 95.8 Å². The summed E-state index contributed by atoms with van der Waals surface area (Å²) in [4.78, 5) is 0. The standard InChI is InChI=1S/C10H10BrN3O/c1-15-8-4-2-7(3-5-8)14-10(11)9(12)6-13-14/h2-6H,12H2,1H3. The normalized spacial score (nSPS) is 10.3. The number of hydrogen-bond donors (Lipinski definition) is 1. The molecule has 4 nitrogen and oxygen atoms in total. The zero-order chi connectivity index (χ0) is 10.8. The fourth-order valence-electron chi connectivity index (χ4n) is 1.25. The van der Waals surface area contributed by atoms with Gasteiger partial charge in [-0.05, 0) is 40.2 Å². The summed E-state index contributed by atoms with van der Waals surface area (Å²) in [6.45, 7) is 0. The second-order valence-corrected chi connectivity index (χ2v) is 3.75. The van der Waals surface area contributed by atoms with Crippen molar-refractivity contribution in [3.8, 4) is 11.4 Å². The Morgan fingerprint density at radius 2 is 2.00 bits per heavy atom. The van der Waals surface area contributed by atoms with Gasteiger partial charge < -0.3 is 10.5 Å². The molecule has 0 fully saturated rings. The Hall–Kier alpha value is -1.49. The van der Waals surface area contributed by atoms with Crippen molar-refractivity contribution in [3.63, 3.8) is 0 Å². The highest BCUT2D eigenvalue weighted by molar-refractivity contribution is 9.10. The molecule has 1 aromatic carbocycles. The highest BCUT2D eigenvalue weighted by atomic mass is 79.9. The first-order chi connectivity index (χ1) is 7.22. The second-order valence-electron chi connectivity index (χ2n) is 3.00. The number of anilines is 1. The van der Waals surface area contributed by atoms with E-state index in [0.29, 0.717) is 5.69 Å². The molecule has 0 radical (unpaired) electrons. The topological polar surface area (TPSA) is 53.1 Å². The molecule has 0 aliphatic carbocycles. The average Bonchev–Trinajstić information content (AvgIpc) is 2.60. The molecule has 0 aliphatic heterocycles. The van der Waals surface area contributed by atoms with Crippen LogP contribution >= 0.6 is 15.9 Å². The lowest BCUT2D eigenvalue weighted by Gasteiger charge is -2.04. The fourth-order valence-corrected chi connectivity index (χ4v) is 1.65. The van der Waals surface area contributed by atoms with Crippen molar-refractivity contribution in [2.45, 2.75) is 0 Å². The molecule has 5 heteroatoms. The first kappa shape index (κ1) is 10.0. The highest BCUT2D eigenvalue weighted by Crippen LogP contribution is 2.23. The van der Waals surface area contributed by atoms with Crippen LogP contribution < -0.4 is 10.5 Å². The third-order valence-corrected chi connectivity index (χ3v) is 2.85. The summed E-state index contributed by atoms with van der Waals surface area (Å²) >= 11 is 3.37. The van der Waals surface area contributed by atoms with E-state index in [0.717, 1.165) is 16.0 Å². The molecule has 15 heavy (non-hydrogen) atoms. The van der Waals surface area contributed by atoms with E-state index in [4.69, 9.17) is 10.5 Å². The molecule has 1 aromatic heterocycles. The fraction of sp³-hybridized carbons (Fsp3) is 0.100. The third kappa shape index (κ3) is 1.83. The molecule has 0 atom stereocenters. The Bertz CT molecular complexity index is 464. The largest absolute Gasteiger partial charge is 0.497 e. The summed E-state index contributed by atoms with van der Waals surface area (Å²) in [6, 6.07) is 7.57. The predicted octanol–water partition coefficient (Wildman–Crippen LogP) is 2.23. The molecule has 0 amide bonds. The van der Waals surface area contributed by atoms with Gasteiger partial charge in [0.05, 0.1) is 24.7 Å². The van der Waals surface area contributed by atoms with E-state index in [-0.39, 0.29) is 0 Å². The van der Waals surface area contributed by atoms with Gasteiger partial charge in [0.1, 0.15) is 10.4 Å². The zero-order valence-electron chi connectivity index (χ0n) is 8.14. The molecule has 1 heterocycles. The van der Waals surface area contributed by atoms with E-state index in [1.54, 1.807) is 18.0 Å². The van der Waals surface area contributed by atoms with Crippen molar-refractivity contribution < 1.29 is 4.74 Å². The van der Waals surface area contributed by atoms with E-state index in [9.17, 15) is 0 Å². The van der Waals surface area contributed by atoms with Crippen LogP contribution in [0.5, 0.6) is 5.75 Å². The lowest BCUT2D eigenvalue weighted by atomic mass is 10.3. The minimum absolute atomic E-state index is 0.616. The number of nitrogens with two attached hydrogens (primary N) is 1. The van der Waals surface area contributed by atoms with Gasteiger partial charge in [0.15, 0.2) is 0 Å². The van der Waals surface area contributed by atoms with Gasteiger partial charge in [-0.3, -0.25) is 0 Å². The van der Waals surface area contributed by atoms with Gasteiger partial charge in [-0.25, -0.2) is 4.68 Å². The molecular formula is C10H10BrN3O. The Morgan fingerprint density at radius 1 is 1.33 bits per heavy atom. The van der Waals surface area contributed by atoms with Crippen LogP contribution in [0, 0.1) is 0 Å². The van der Waals surface area contributed by atoms with Crippen molar-refractivity contribution in [1.82, 2.24) is 9.78 Å². The van der Waals surface area contributed by atoms with Gasteiger partial charge >= 0.3 is 0 Å². The molecule has 0 aliphatic rings. The maximum atomic E-state index is 5.68. The number of hydrogen-bond acceptors (Lipinski definition) is 3. The monoisotopic (exact) mass is 267 g/mol. The van der Waals surface area contributed by atoms with E-state index in [1.807, 2.05) is 24.3 Å². The minimum Gasteiger partial charge on any atom is -0.497 e. The number of ether oxygens (including phenoxy) is 1. The number of aromatic nitrogens is 2. The molecule has 0 saturated carbocycles. The Balaban J connectivity index is 2.41. The second kappa shape index (κ2) is 3.94. The molecule has 0 bridgehead atoms. The van der Waals surface area contributed by atoms with E-state index in [2.05, 4.69) is 21.0 Å². The summed E-state index contributed by atoms with van der Waals surface area (Å²) in [5, 5.41) is 4.15. The van der Waals surface area contributed by atoms with Crippen LogP contribution in [-0.2, 0) is 0 Å². The van der Waals surface area contributed by atoms with Crippen molar-refractivity contribution in [1.29, 1.82) is 0 Å². The van der Waals surface area contributed by atoms with Gasteiger partial charge in [-0.1, -0.05) is 0 Å². The summed E-state index contributed by atoms with van der Waals surface area (Å²) in [5.74, 6) is 0.815. The maximum Gasteiger partial charge on any atom is 0.132 e. The number of methoxy groups -OCH3 is 1. The van der Waals surface area contributed by atoms with Crippen LogP contribution in [0.15, 0.2) is 35.1 Å². The SMILES string of the molecule is COc1ccc(-n2ncc(N)c2Br)cc1. The lowest BCUT2D eigenvalue weighted by molar-refractivity contribution is 0.414. The number of halogens is 1. The van der Waals surface area contributed by atoms with E-state index in [1.165, 1.54) is 0 Å². The number of benzene rings is 1. The van der Waals surface area contributed by atoms with Crippen LogP contribution in [0.2, 0.25) is 0 Å². The van der Waals surface area contributed by atoms with Crippen LogP contribution in [0.25, 0.3) is 5.69 Å². The summed E-state index contributed by atoms with van der Waals surface area (Å²) in [7, 11) is 1.64. The van der Waals surface area contributed by atoms with Crippen LogP contribution in [-0.4, -0.2) is 16.9 Å². The first-order valence-electron chi connectivity index (χ1n) is 4.36. The van der Waals surface area contributed by atoms with Crippen LogP contribution in [0.1, 0.15) is 0 Å². The molecule has 2 rings (SSSR count).